The van der Waals surface area contributed by atoms with Gasteiger partial charge in [-0.3, -0.25) is 4.90 Å². The van der Waals surface area contributed by atoms with Crippen LogP contribution >= 0.6 is 0 Å². The van der Waals surface area contributed by atoms with Crippen LogP contribution in [0, 0.1) is 11.3 Å². The highest BCUT2D eigenvalue weighted by atomic mass is 19.1. The molecule has 8 heteroatoms. The summed E-state index contributed by atoms with van der Waals surface area (Å²) >= 11 is 0. The quantitative estimate of drug-likeness (QED) is 0.706. The molecule has 0 unspecified atom stereocenters. The third-order valence-corrected chi connectivity index (χ3v) is 4.74. The average Bonchev–Trinajstić information content (AvgIpc) is 3.28. The van der Waals surface area contributed by atoms with Crippen LogP contribution in [0.15, 0.2) is 36.4 Å². The number of nitrogens with one attached hydrogen (secondary N) is 1. The Balaban J connectivity index is 1.35. The molecule has 1 N–H and O–H groups in total. The van der Waals surface area contributed by atoms with E-state index >= 15 is 0 Å². The van der Waals surface area contributed by atoms with Crippen LogP contribution in [0.5, 0.6) is 5.88 Å². The first-order valence-corrected chi connectivity index (χ1v) is 9.01. The SMILES string of the molecule is COc1cccc(CN2C[C@@H](F)[C@@H](OCc3nc4ccc(C#N)cc4[nH]3)C2)n1. The molecule has 7 nitrogen and oxygen atoms in total. The van der Waals surface area contributed by atoms with Crippen molar-refractivity contribution >= 4 is 11.0 Å². The van der Waals surface area contributed by atoms with Crippen LogP contribution in [-0.2, 0) is 17.9 Å². The van der Waals surface area contributed by atoms with Gasteiger partial charge in [0.05, 0.1) is 35.5 Å². The van der Waals surface area contributed by atoms with Gasteiger partial charge in [-0.05, 0) is 24.3 Å². The Kier molecular flexibility index (Phi) is 5.19. The number of pyridine rings is 1. The van der Waals surface area contributed by atoms with Gasteiger partial charge in [0.1, 0.15) is 24.7 Å². The van der Waals surface area contributed by atoms with Crippen molar-refractivity contribution in [3.8, 4) is 11.9 Å². The first kappa shape index (κ1) is 18.3. The van der Waals surface area contributed by atoms with Crippen LogP contribution in [0.25, 0.3) is 11.0 Å². The van der Waals surface area contributed by atoms with Crippen LogP contribution in [0.1, 0.15) is 17.1 Å². The zero-order valence-electron chi connectivity index (χ0n) is 15.4. The van der Waals surface area contributed by atoms with E-state index < -0.39 is 12.3 Å². The van der Waals surface area contributed by atoms with Crippen molar-refractivity contribution in [2.75, 3.05) is 20.2 Å². The number of ether oxygens (including phenoxy) is 2. The third-order valence-electron chi connectivity index (χ3n) is 4.74. The van der Waals surface area contributed by atoms with Crippen LogP contribution in [0.2, 0.25) is 0 Å². The lowest BCUT2D eigenvalue weighted by atomic mass is 10.2. The van der Waals surface area contributed by atoms with Crippen molar-refractivity contribution in [1.29, 1.82) is 5.26 Å². The lowest BCUT2D eigenvalue weighted by molar-refractivity contribution is 0.00861. The monoisotopic (exact) mass is 381 g/mol. The molecule has 0 radical (unpaired) electrons. The Labute approximate surface area is 161 Å². The molecule has 28 heavy (non-hydrogen) atoms. The van der Waals surface area contributed by atoms with E-state index in [-0.39, 0.29) is 6.61 Å². The Morgan fingerprint density at radius 2 is 2.18 bits per heavy atom. The fourth-order valence-electron chi connectivity index (χ4n) is 3.37. The molecule has 3 aromatic rings. The van der Waals surface area contributed by atoms with Gasteiger partial charge in [0.15, 0.2) is 0 Å². The van der Waals surface area contributed by atoms with Gasteiger partial charge in [-0.1, -0.05) is 6.07 Å². The number of alkyl halides is 1. The van der Waals surface area contributed by atoms with Crippen molar-refractivity contribution in [1.82, 2.24) is 19.9 Å². The fraction of sp³-hybridized carbons (Fsp3) is 0.350. The van der Waals surface area contributed by atoms with Gasteiger partial charge in [-0.15, -0.1) is 0 Å². The van der Waals surface area contributed by atoms with Gasteiger partial charge in [-0.25, -0.2) is 14.4 Å². The largest absolute Gasteiger partial charge is 0.481 e. The van der Waals surface area contributed by atoms with E-state index in [4.69, 9.17) is 14.7 Å². The van der Waals surface area contributed by atoms with Crippen LogP contribution in [0.3, 0.4) is 0 Å². The van der Waals surface area contributed by atoms with Crippen LogP contribution < -0.4 is 4.74 Å². The summed E-state index contributed by atoms with van der Waals surface area (Å²) in [5.41, 5.74) is 2.92. The summed E-state index contributed by atoms with van der Waals surface area (Å²) < 4.78 is 25.3. The zero-order valence-corrected chi connectivity index (χ0v) is 15.4. The van der Waals surface area contributed by atoms with Crippen molar-refractivity contribution in [2.24, 2.45) is 0 Å². The van der Waals surface area contributed by atoms with Gasteiger partial charge >= 0.3 is 0 Å². The van der Waals surface area contributed by atoms with Gasteiger partial charge < -0.3 is 14.5 Å². The number of likely N-dealkylation sites (tertiary alicyclic amines) is 1. The molecule has 1 aliphatic rings. The topological polar surface area (TPSA) is 87.1 Å². The zero-order chi connectivity index (χ0) is 19.5. The second-order valence-corrected chi connectivity index (χ2v) is 6.76. The third kappa shape index (κ3) is 3.96. The Morgan fingerprint density at radius 3 is 3.00 bits per heavy atom. The number of nitrogens with zero attached hydrogens (tertiary/aromatic N) is 4. The van der Waals surface area contributed by atoms with Crippen molar-refractivity contribution in [3.05, 3.63) is 53.5 Å². The molecule has 1 fully saturated rings. The number of fused-ring (bicyclic) bond motifs is 1. The number of hydrogen-bond acceptors (Lipinski definition) is 6. The molecule has 1 aromatic carbocycles. The van der Waals surface area contributed by atoms with Gasteiger partial charge in [0.25, 0.3) is 0 Å². The number of nitriles is 1. The number of aromatic amines is 1. The molecule has 1 aliphatic heterocycles. The second-order valence-electron chi connectivity index (χ2n) is 6.76. The maximum Gasteiger partial charge on any atom is 0.213 e. The number of hydrogen-bond donors (Lipinski definition) is 1. The molecule has 0 spiro atoms. The first-order valence-electron chi connectivity index (χ1n) is 9.01. The molecule has 1 saturated heterocycles. The normalized spacial score (nSPS) is 19.8. The fourth-order valence-corrected chi connectivity index (χ4v) is 3.37. The van der Waals surface area contributed by atoms with Gasteiger partial charge in [0, 0.05) is 25.7 Å². The summed E-state index contributed by atoms with van der Waals surface area (Å²) in [5, 5.41) is 8.97. The molecule has 2 aromatic heterocycles. The molecule has 0 bridgehead atoms. The highest BCUT2D eigenvalue weighted by Crippen LogP contribution is 2.21. The first-order chi connectivity index (χ1) is 13.6. The molecular formula is C20H20FN5O2. The maximum atomic E-state index is 14.4. The van der Waals surface area contributed by atoms with E-state index in [1.54, 1.807) is 31.4 Å². The second kappa shape index (κ2) is 7.92. The van der Waals surface area contributed by atoms with Crippen LogP contribution in [0.4, 0.5) is 4.39 Å². The summed E-state index contributed by atoms with van der Waals surface area (Å²) in [6, 6.07) is 12.9. The predicted octanol–water partition coefficient (Wildman–Crippen LogP) is 2.58. The molecule has 4 rings (SSSR count). The average molecular weight is 381 g/mol. The standard InChI is InChI=1S/C20H20FN5O2/c1-27-20-4-2-3-14(23-20)9-26-10-15(21)18(11-26)28-12-19-24-16-6-5-13(8-22)7-17(16)25-19/h2-7,15,18H,9-12H2,1H3,(H,24,25)/t15-,18+/m1/s1. The van der Waals surface area contributed by atoms with Gasteiger partial charge in [0.2, 0.25) is 5.88 Å². The molecule has 2 atom stereocenters. The number of rotatable bonds is 6. The van der Waals surface area contributed by atoms with E-state index in [0.29, 0.717) is 36.9 Å². The molecule has 0 aliphatic carbocycles. The van der Waals surface area contributed by atoms with Crippen molar-refractivity contribution < 1.29 is 13.9 Å². The molecule has 0 saturated carbocycles. The minimum Gasteiger partial charge on any atom is -0.481 e. The summed E-state index contributed by atoms with van der Waals surface area (Å²) in [5.74, 6) is 1.16. The van der Waals surface area contributed by atoms with E-state index in [2.05, 4.69) is 21.0 Å². The van der Waals surface area contributed by atoms with Crippen molar-refractivity contribution in [3.63, 3.8) is 0 Å². The molecular weight excluding hydrogens is 361 g/mol. The summed E-state index contributed by atoms with van der Waals surface area (Å²) in [7, 11) is 1.57. The Bertz CT molecular complexity index is 1020. The lowest BCUT2D eigenvalue weighted by Gasteiger charge is -2.15. The predicted molar refractivity (Wildman–Crippen MR) is 100 cm³/mol. The number of H-pyrrole nitrogens is 1. The van der Waals surface area contributed by atoms with Crippen LogP contribution in [-0.4, -0.2) is 52.3 Å². The maximum absolute atomic E-state index is 14.4. The molecule has 3 heterocycles. The van der Waals surface area contributed by atoms with Gasteiger partial charge in [-0.2, -0.15) is 5.26 Å². The smallest absolute Gasteiger partial charge is 0.213 e. The number of halogens is 1. The Morgan fingerprint density at radius 1 is 1.29 bits per heavy atom. The minimum atomic E-state index is -1.07. The lowest BCUT2D eigenvalue weighted by Crippen LogP contribution is -2.24. The molecule has 144 valence electrons. The number of aromatic nitrogens is 3. The van der Waals surface area contributed by atoms with E-state index in [1.165, 1.54) is 0 Å². The van der Waals surface area contributed by atoms with E-state index in [9.17, 15) is 4.39 Å². The summed E-state index contributed by atoms with van der Waals surface area (Å²) in [4.78, 5) is 13.9. The van der Waals surface area contributed by atoms with Crippen molar-refractivity contribution in [2.45, 2.75) is 25.4 Å². The summed E-state index contributed by atoms with van der Waals surface area (Å²) in [6.07, 6.45) is -1.59. The summed E-state index contributed by atoms with van der Waals surface area (Å²) in [6.45, 7) is 1.51. The van der Waals surface area contributed by atoms with E-state index in [0.717, 1.165) is 16.7 Å². The number of benzene rings is 1. The molecule has 0 amide bonds. The van der Waals surface area contributed by atoms with E-state index in [1.807, 2.05) is 17.0 Å². The highest BCUT2D eigenvalue weighted by Gasteiger charge is 2.34. The minimum absolute atomic E-state index is 0.187. The number of imidazole rings is 1. The number of methoxy groups -OCH3 is 1. The highest BCUT2D eigenvalue weighted by molar-refractivity contribution is 5.76. The Hall–Kier alpha value is -3.02.